The molecule has 0 radical (unpaired) electrons. The number of aromatic nitrogens is 2. The van der Waals surface area contributed by atoms with Crippen molar-refractivity contribution in [2.24, 2.45) is 11.1 Å². The van der Waals surface area contributed by atoms with E-state index in [9.17, 15) is 4.79 Å². The lowest BCUT2D eigenvalue weighted by molar-refractivity contribution is -0.113. The van der Waals surface area contributed by atoms with E-state index in [1.165, 1.54) is 46.1 Å². The van der Waals surface area contributed by atoms with Gasteiger partial charge in [-0.2, -0.15) is 0 Å². The predicted octanol–water partition coefficient (Wildman–Crippen LogP) is 9.50. The Morgan fingerprint density at radius 1 is 1.00 bits per heavy atom. The maximum atomic E-state index is 11.6. The van der Waals surface area contributed by atoms with Gasteiger partial charge in [-0.05, 0) is 51.0 Å². The maximum Gasteiger partial charge on any atom is 0.161 e. The van der Waals surface area contributed by atoms with Gasteiger partial charge in [-0.1, -0.05) is 106 Å². The number of hydrogen-bond donors (Lipinski definition) is 0. The highest BCUT2D eigenvalue weighted by Gasteiger charge is 2.20. The lowest BCUT2D eigenvalue weighted by Crippen LogP contribution is -2.13. The van der Waals surface area contributed by atoms with Gasteiger partial charge in [0, 0.05) is 30.6 Å². The van der Waals surface area contributed by atoms with Crippen molar-refractivity contribution in [2.45, 2.75) is 73.6 Å². The van der Waals surface area contributed by atoms with Gasteiger partial charge in [-0.15, -0.1) is 0 Å². The van der Waals surface area contributed by atoms with Crippen LogP contribution in [0.5, 0.6) is 0 Å². The Kier molecular flexibility index (Phi) is 16.9. The zero-order chi connectivity index (χ0) is 30.9. The third-order valence-electron chi connectivity index (χ3n) is 6.32. The Morgan fingerprint density at radius 3 is 2.05 bits per heavy atom. The largest absolute Gasteiger partial charge is 0.399 e. The summed E-state index contributed by atoms with van der Waals surface area (Å²) in [5.41, 5.74) is 2.24. The molecule has 8 heteroatoms. The van der Waals surface area contributed by atoms with Crippen LogP contribution >= 0.6 is 23.2 Å². The Labute approximate surface area is 256 Å². The molecule has 0 spiro atoms. The topological polar surface area (TPSA) is 67.7 Å². The van der Waals surface area contributed by atoms with E-state index in [1.54, 1.807) is 31.2 Å². The third-order valence-corrected chi connectivity index (χ3v) is 6.95. The number of carbonyl (C=O) groups is 1. The summed E-state index contributed by atoms with van der Waals surface area (Å²) in [6, 6.07) is 13.1. The second-order valence-electron chi connectivity index (χ2n) is 9.73. The van der Waals surface area contributed by atoms with Crippen LogP contribution in [0.3, 0.4) is 0 Å². The molecule has 1 aromatic heterocycles. The quantitative estimate of drug-likeness (QED) is 0.166. The fourth-order valence-electron chi connectivity index (χ4n) is 4.37. The first-order valence-corrected chi connectivity index (χ1v) is 15.0. The molecule has 3 aromatic rings. The van der Waals surface area contributed by atoms with Crippen LogP contribution in [-0.4, -0.2) is 42.7 Å². The van der Waals surface area contributed by atoms with E-state index in [1.807, 2.05) is 64.0 Å². The first-order valence-electron chi connectivity index (χ1n) is 14.2. The number of rotatable bonds is 5. The summed E-state index contributed by atoms with van der Waals surface area (Å²) < 4.78 is 0. The number of Topliss-reactive ketones (excluding diaryl/α,β-unsaturated/α-hetero) is 1. The van der Waals surface area contributed by atoms with Crippen LogP contribution in [0.4, 0.5) is 5.82 Å². The molecular weight excluding hydrogens is 555 g/mol. The number of anilines is 1. The highest BCUT2D eigenvalue weighted by molar-refractivity contribution is 6.43. The van der Waals surface area contributed by atoms with Gasteiger partial charge < -0.3 is 9.74 Å². The fourth-order valence-corrected chi connectivity index (χ4v) is 4.95. The molecule has 2 aromatic carbocycles. The number of fused-ring (bicyclic) bond motifs is 1. The van der Waals surface area contributed by atoms with Gasteiger partial charge >= 0.3 is 0 Å². The van der Waals surface area contributed by atoms with Crippen molar-refractivity contribution < 1.29 is 9.63 Å². The van der Waals surface area contributed by atoms with Gasteiger partial charge in [0.05, 0.1) is 15.6 Å². The summed E-state index contributed by atoms with van der Waals surface area (Å²) in [4.78, 5) is 27.2. The third kappa shape index (κ3) is 11.4. The fraction of sp³-hybridized carbons (Fsp3) is 0.455. The minimum atomic E-state index is -0.135. The van der Waals surface area contributed by atoms with E-state index in [2.05, 4.69) is 22.0 Å². The predicted molar refractivity (Wildman–Crippen MR) is 177 cm³/mol. The number of hydrogen-bond acceptors (Lipinski definition) is 6. The first-order chi connectivity index (χ1) is 19.6. The molecule has 4 rings (SSSR count). The molecule has 0 saturated heterocycles. The number of para-hydroxylation sites is 1. The van der Waals surface area contributed by atoms with Crippen LogP contribution in [0.2, 0.25) is 10.0 Å². The van der Waals surface area contributed by atoms with E-state index in [4.69, 9.17) is 28.0 Å². The second kappa shape index (κ2) is 19.2. The Hall–Kier alpha value is -2.96. The van der Waals surface area contributed by atoms with Crippen molar-refractivity contribution in [3.63, 3.8) is 0 Å². The number of allylic oxidation sites excluding steroid dienone is 2. The van der Waals surface area contributed by atoms with Crippen molar-refractivity contribution in [3.05, 3.63) is 75.5 Å². The molecule has 41 heavy (non-hydrogen) atoms. The van der Waals surface area contributed by atoms with Gasteiger partial charge in [0.2, 0.25) is 0 Å². The van der Waals surface area contributed by atoms with Crippen LogP contribution < -0.4 is 4.90 Å². The molecule has 224 valence electrons. The van der Waals surface area contributed by atoms with Crippen LogP contribution in [0.25, 0.3) is 10.9 Å². The molecule has 0 unspecified atom stereocenters. The van der Waals surface area contributed by atoms with Crippen molar-refractivity contribution >= 4 is 51.4 Å². The minimum absolute atomic E-state index is 0.135. The zero-order valence-electron chi connectivity index (χ0n) is 26.1. The summed E-state index contributed by atoms with van der Waals surface area (Å²) in [6.07, 6.45) is 9.09. The van der Waals surface area contributed by atoms with Gasteiger partial charge in [0.1, 0.15) is 24.5 Å². The van der Waals surface area contributed by atoms with E-state index in [-0.39, 0.29) is 5.78 Å². The number of aryl methyl sites for hydroxylation is 1. The molecule has 0 atom stereocenters. The molecule has 0 aliphatic heterocycles. The van der Waals surface area contributed by atoms with Gasteiger partial charge in [0.25, 0.3) is 0 Å². The molecule has 0 N–H and O–H groups in total. The number of nitrogens with zero attached hydrogens (tertiary/aromatic N) is 4. The summed E-state index contributed by atoms with van der Waals surface area (Å²) in [5, 5.41) is 5.80. The number of carbonyl (C=O) groups excluding carboxylic acids is 1. The highest BCUT2D eigenvalue weighted by atomic mass is 35.5. The molecule has 0 amide bonds. The molecule has 1 saturated carbocycles. The van der Waals surface area contributed by atoms with Gasteiger partial charge in [-0.25, -0.2) is 9.97 Å². The number of ketones is 1. The van der Waals surface area contributed by atoms with E-state index < -0.39 is 0 Å². The monoisotopic (exact) mass is 600 g/mol. The Morgan fingerprint density at radius 2 is 1.59 bits per heavy atom. The second-order valence-corrected chi connectivity index (χ2v) is 10.5. The summed E-state index contributed by atoms with van der Waals surface area (Å²) >= 11 is 12.2. The minimum Gasteiger partial charge on any atom is -0.399 e. The van der Waals surface area contributed by atoms with Crippen molar-refractivity contribution in [1.29, 1.82) is 0 Å². The van der Waals surface area contributed by atoms with Crippen molar-refractivity contribution in [2.75, 3.05) is 26.1 Å². The smallest absolute Gasteiger partial charge is 0.161 e. The van der Waals surface area contributed by atoms with E-state index >= 15 is 0 Å². The summed E-state index contributed by atoms with van der Waals surface area (Å²) in [7, 11) is 5.39. The van der Waals surface area contributed by atoms with Crippen LogP contribution in [0, 0.1) is 12.8 Å². The summed E-state index contributed by atoms with van der Waals surface area (Å²) in [5.74, 6) is 2.69. The Balaban J connectivity index is 0.000000322. The van der Waals surface area contributed by atoms with Crippen molar-refractivity contribution in [1.82, 2.24) is 9.97 Å². The average Bonchev–Trinajstić information content (AvgIpc) is 2.95. The number of oxime groups is 1. The standard InChI is InChI=1S/C13H13Cl2NO2.C11H13N3.C7H14.C2H6/c1-4-9(8(2)17)13(16-18-3)12-10(14)6-5-7-11(12)15;1-8-12-10-7-5-4-6-9(10)11(13-8)14(2)3;1-7-5-3-2-4-6-7;1-2/h4-7H,1-3H3;4-7H,1-3H3;7H,2-6H2,1H3;1-2H3/b9-4+,16-13+;;;. The molecule has 1 aliphatic carbocycles. The Bertz CT molecular complexity index is 1280. The number of halogens is 2. The van der Waals surface area contributed by atoms with E-state index in [0.29, 0.717) is 26.9 Å². The molecule has 0 bridgehead atoms. The normalized spacial score (nSPS) is 13.5. The van der Waals surface area contributed by atoms with E-state index in [0.717, 1.165) is 28.5 Å². The van der Waals surface area contributed by atoms with Crippen molar-refractivity contribution in [3.8, 4) is 0 Å². The zero-order valence-corrected chi connectivity index (χ0v) is 27.6. The average molecular weight is 602 g/mol. The molecule has 6 nitrogen and oxygen atoms in total. The molecule has 1 fully saturated rings. The van der Waals surface area contributed by atoms with Crippen LogP contribution in [-0.2, 0) is 9.63 Å². The van der Waals surface area contributed by atoms with Gasteiger partial charge in [0.15, 0.2) is 5.78 Å². The SMILES string of the molecule is C/C=C(C(C)=O)/C(=N\OC)c1c(Cl)cccc1Cl.CC.CC1CCCCC1.Cc1nc(N(C)C)c2ccccc2n1. The molecule has 1 heterocycles. The van der Waals surface area contributed by atoms with Crippen LogP contribution in [0.15, 0.2) is 59.3 Å². The lowest BCUT2D eigenvalue weighted by atomic mass is 9.91. The molecular formula is C33H46Cl2N4O2. The summed E-state index contributed by atoms with van der Waals surface area (Å²) in [6.45, 7) is 11.5. The number of benzene rings is 2. The maximum absolute atomic E-state index is 11.6. The first kappa shape index (κ1) is 36.1. The van der Waals surface area contributed by atoms with Gasteiger partial charge in [-0.3, -0.25) is 4.79 Å². The molecule has 1 aliphatic rings. The highest BCUT2D eigenvalue weighted by Crippen LogP contribution is 2.28. The van der Waals surface area contributed by atoms with Crippen LogP contribution in [0.1, 0.15) is 78.1 Å². The lowest BCUT2D eigenvalue weighted by Gasteiger charge is -2.15.